The van der Waals surface area contributed by atoms with E-state index in [1.165, 1.54) is 18.2 Å². The number of benzene rings is 1. The zero-order valence-electron chi connectivity index (χ0n) is 10.1. The van der Waals surface area contributed by atoms with Gasteiger partial charge in [0, 0.05) is 23.5 Å². The van der Waals surface area contributed by atoms with Crippen molar-refractivity contribution in [3.05, 3.63) is 34.1 Å². The molecule has 0 aliphatic carbocycles. The monoisotopic (exact) mass is 315 g/mol. The molecule has 1 aliphatic rings. The number of ether oxygens (including phenoxy) is 1. The molecule has 18 heavy (non-hydrogen) atoms. The Labute approximate surface area is 114 Å². The fraction of sp³-hybridized carbons (Fsp3) is 0.462. The Morgan fingerprint density at radius 2 is 2.39 bits per heavy atom. The largest absolute Gasteiger partial charge is 0.378 e. The summed E-state index contributed by atoms with van der Waals surface area (Å²) in [5, 5.41) is 2.86. The second-order valence-electron chi connectivity index (χ2n) is 4.46. The molecule has 3 nitrogen and oxygen atoms in total. The average Bonchev–Trinajstić information content (AvgIpc) is 2.72. The van der Waals surface area contributed by atoms with Gasteiger partial charge in [-0.3, -0.25) is 4.79 Å². The zero-order chi connectivity index (χ0) is 13.1. The molecule has 1 aromatic carbocycles. The Balaban J connectivity index is 1.95. The molecule has 1 aliphatic heterocycles. The maximum atomic E-state index is 12.9. The number of rotatable bonds is 3. The molecule has 0 saturated carbocycles. The Morgan fingerprint density at radius 1 is 1.61 bits per heavy atom. The minimum atomic E-state index is -0.365. The van der Waals surface area contributed by atoms with Crippen molar-refractivity contribution in [3.63, 3.8) is 0 Å². The smallest absolute Gasteiger partial charge is 0.252 e. The fourth-order valence-electron chi connectivity index (χ4n) is 2.04. The summed E-state index contributed by atoms with van der Waals surface area (Å²) in [5.41, 5.74) is 0.447. The number of hydrogen-bond donors (Lipinski definition) is 1. The predicted octanol–water partition coefficient (Wildman–Crippen LogP) is 2.74. The molecular formula is C13H15BrFNO2. The van der Waals surface area contributed by atoms with Crippen LogP contribution < -0.4 is 5.32 Å². The van der Waals surface area contributed by atoms with Crippen LogP contribution in [0.5, 0.6) is 0 Å². The summed E-state index contributed by atoms with van der Waals surface area (Å²) in [6.45, 7) is 3.35. The van der Waals surface area contributed by atoms with Gasteiger partial charge in [-0.15, -0.1) is 0 Å². The van der Waals surface area contributed by atoms with Gasteiger partial charge in [0.25, 0.3) is 5.91 Å². The number of nitrogens with one attached hydrogen (secondary N) is 1. The Hall–Kier alpha value is -0.940. The van der Waals surface area contributed by atoms with E-state index in [-0.39, 0.29) is 17.8 Å². The molecule has 2 rings (SSSR count). The first-order valence-corrected chi connectivity index (χ1v) is 6.72. The van der Waals surface area contributed by atoms with Gasteiger partial charge in [-0.05, 0) is 47.5 Å². The molecule has 2 unspecified atom stereocenters. The van der Waals surface area contributed by atoms with Crippen molar-refractivity contribution in [2.75, 3.05) is 13.2 Å². The van der Waals surface area contributed by atoms with Crippen LogP contribution in [0.15, 0.2) is 22.7 Å². The molecular weight excluding hydrogens is 301 g/mol. The maximum Gasteiger partial charge on any atom is 0.252 e. The van der Waals surface area contributed by atoms with Gasteiger partial charge in [-0.1, -0.05) is 0 Å². The third kappa shape index (κ3) is 3.09. The van der Waals surface area contributed by atoms with Gasteiger partial charge in [0.2, 0.25) is 0 Å². The van der Waals surface area contributed by atoms with Crippen LogP contribution in [-0.4, -0.2) is 25.2 Å². The number of amides is 1. The Morgan fingerprint density at radius 3 is 3.00 bits per heavy atom. The first kappa shape index (κ1) is 13.5. The Kier molecular flexibility index (Phi) is 4.35. The van der Waals surface area contributed by atoms with Crippen molar-refractivity contribution in [1.29, 1.82) is 0 Å². The van der Waals surface area contributed by atoms with Gasteiger partial charge in [-0.25, -0.2) is 4.39 Å². The van der Waals surface area contributed by atoms with E-state index < -0.39 is 0 Å². The second kappa shape index (κ2) is 5.80. The van der Waals surface area contributed by atoms with Gasteiger partial charge < -0.3 is 10.1 Å². The predicted molar refractivity (Wildman–Crippen MR) is 70.0 cm³/mol. The van der Waals surface area contributed by atoms with Crippen LogP contribution in [0.2, 0.25) is 0 Å². The molecule has 1 aromatic rings. The fourth-order valence-corrected chi connectivity index (χ4v) is 2.57. The lowest BCUT2D eigenvalue weighted by Crippen LogP contribution is -2.32. The van der Waals surface area contributed by atoms with Crippen molar-refractivity contribution in [2.24, 2.45) is 5.92 Å². The lowest BCUT2D eigenvalue weighted by molar-refractivity contribution is 0.0906. The number of hydrogen-bond acceptors (Lipinski definition) is 2. The van der Waals surface area contributed by atoms with Gasteiger partial charge in [0.1, 0.15) is 5.82 Å². The number of carbonyl (C=O) groups is 1. The van der Waals surface area contributed by atoms with Crippen LogP contribution in [0, 0.1) is 11.7 Å². The zero-order valence-corrected chi connectivity index (χ0v) is 11.7. The first-order chi connectivity index (χ1) is 8.58. The van der Waals surface area contributed by atoms with Crippen molar-refractivity contribution in [3.8, 4) is 0 Å². The molecule has 2 atom stereocenters. The van der Waals surface area contributed by atoms with E-state index in [0.717, 1.165) is 13.0 Å². The lowest BCUT2D eigenvalue weighted by Gasteiger charge is -2.15. The quantitative estimate of drug-likeness (QED) is 0.931. The molecule has 5 heteroatoms. The molecule has 1 heterocycles. The van der Waals surface area contributed by atoms with Crippen molar-refractivity contribution >= 4 is 21.8 Å². The minimum absolute atomic E-state index is 0.182. The summed E-state index contributed by atoms with van der Waals surface area (Å²) in [6.07, 6.45) is 1.15. The highest BCUT2D eigenvalue weighted by molar-refractivity contribution is 9.10. The van der Waals surface area contributed by atoms with Crippen LogP contribution in [0.3, 0.4) is 0 Å². The number of carbonyl (C=O) groups excluding carboxylic acids is 1. The standard InChI is InChI=1S/C13H15BrFNO2/c1-8-9(4-5-18-8)7-16-13(17)11-3-2-10(15)6-12(11)14/h2-3,6,8-9H,4-5,7H2,1H3,(H,16,17). The minimum Gasteiger partial charge on any atom is -0.378 e. The third-order valence-electron chi connectivity index (χ3n) is 3.23. The average molecular weight is 316 g/mol. The van der Waals surface area contributed by atoms with E-state index >= 15 is 0 Å². The second-order valence-corrected chi connectivity index (χ2v) is 5.31. The van der Waals surface area contributed by atoms with Crippen LogP contribution in [0.1, 0.15) is 23.7 Å². The van der Waals surface area contributed by atoms with E-state index in [1.54, 1.807) is 0 Å². The van der Waals surface area contributed by atoms with Crippen LogP contribution >= 0.6 is 15.9 Å². The summed E-state index contributed by atoms with van der Waals surface area (Å²) >= 11 is 3.19. The van der Waals surface area contributed by atoms with E-state index in [1.807, 2.05) is 6.92 Å². The Bertz CT molecular complexity index is 453. The molecule has 1 saturated heterocycles. The summed E-state index contributed by atoms with van der Waals surface area (Å²) in [7, 11) is 0. The lowest BCUT2D eigenvalue weighted by atomic mass is 10.0. The highest BCUT2D eigenvalue weighted by Gasteiger charge is 2.24. The van der Waals surface area contributed by atoms with Gasteiger partial charge >= 0.3 is 0 Å². The maximum absolute atomic E-state index is 12.9. The van der Waals surface area contributed by atoms with E-state index in [0.29, 0.717) is 22.5 Å². The molecule has 1 fully saturated rings. The molecule has 1 amide bonds. The molecule has 0 aromatic heterocycles. The number of halogens is 2. The van der Waals surface area contributed by atoms with Crippen molar-refractivity contribution in [2.45, 2.75) is 19.4 Å². The summed E-state index contributed by atoms with van der Waals surface area (Å²) in [5.74, 6) is -0.203. The van der Waals surface area contributed by atoms with Crippen LogP contribution in [0.25, 0.3) is 0 Å². The van der Waals surface area contributed by atoms with Crippen molar-refractivity contribution in [1.82, 2.24) is 5.32 Å². The van der Waals surface area contributed by atoms with Gasteiger partial charge in [-0.2, -0.15) is 0 Å². The summed E-state index contributed by atoms with van der Waals surface area (Å²) in [4.78, 5) is 11.9. The molecule has 0 spiro atoms. The van der Waals surface area contributed by atoms with Gasteiger partial charge in [0.15, 0.2) is 0 Å². The highest BCUT2D eigenvalue weighted by atomic mass is 79.9. The summed E-state index contributed by atoms with van der Waals surface area (Å²) < 4.78 is 18.8. The van der Waals surface area contributed by atoms with E-state index in [4.69, 9.17) is 4.74 Å². The highest BCUT2D eigenvalue weighted by Crippen LogP contribution is 2.21. The first-order valence-electron chi connectivity index (χ1n) is 5.93. The van der Waals surface area contributed by atoms with E-state index in [9.17, 15) is 9.18 Å². The molecule has 0 radical (unpaired) electrons. The third-order valence-corrected chi connectivity index (χ3v) is 3.89. The molecule has 0 bridgehead atoms. The van der Waals surface area contributed by atoms with Gasteiger partial charge in [0.05, 0.1) is 11.7 Å². The molecule has 1 N–H and O–H groups in total. The summed E-state index contributed by atoms with van der Waals surface area (Å²) in [6, 6.07) is 4.04. The normalized spacial score (nSPS) is 23.1. The SMILES string of the molecule is CC1OCCC1CNC(=O)c1ccc(F)cc1Br. The van der Waals surface area contributed by atoms with E-state index in [2.05, 4.69) is 21.2 Å². The van der Waals surface area contributed by atoms with Crippen molar-refractivity contribution < 1.29 is 13.9 Å². The van der Waals surface area contributed by atoms with Crippen LogP contribution in [0.4, 0.5) is 4.39 Å². The topological polar surface area (TPSA) is 38.3 Å². The van der Waals surface area contributed by atoms with Crippen LogP contribution in [-0.2, 0) is 4.74 Å². The molecule has 98 valence electrons.